The van der Waals surface area contributed by atoms with E-state index in [0.29, 0.717) is 17.7 Å². The Balaban J connectivity index is 2.43. The Morgan fingerprint density at radius 1 is 1.20 bits per heavy atom. The third kappa shape index (κ3) is 5.95. The fourth-order valence-electron chi connectivity index (χ4n) is 2.01. The van der Waals surface area contributed by atoms with Gasteiger partial charge < -0.3 is 9.84 Å². The molecule has 0 aliphatic carbocycles. The Bertz CT molecular complexity index is 418. The summed E-state index contributed by atoms with van der Waals surface area (Å²) in [7, 11) is 0. The van der Waals surface area contributed by atoms with Crippen LogP contribution in [0, 0.1) is 0 Å². The van der Waals surface area contributed by atoms with Crippen LogP contribution in [0.2, 0.25) is 0 Å². The molecule has 1 rings (SSSR count). The van der Waals surface area contributed by atoms with Gasteiger partial charge in [-0.25, -0.2) is 4.79 Å². The molecule has 0 aliphatic rings. The monoisotopic (exact) mass is 342 g/mol. The molecule has 3 nitrogen and oxygen atoms in total. The van der Waals surface area contributed by atoms with Crippen molar-refractivity contribution in [3.05, 3.63) is 29.3 Å². The third-order valence-corrected chi connectivity index (χ3v) is 3.83. The van der Waals surface area contributed by atoms with Crippen LogP contribution >= 0.6 is 15.9 Å². The molecule has 0 spiro atoms. The molecule has 0 amide bonds. The van der Waals surface area contributed by atoms with E-state index in [0.717, 1.165) is 18.4 Å². The summed E-state index contributed by atoms with van der Waals surface area (Å²) in [4.78, 5) is 11.1. The van der Waals surface area contributed by atoms with E-state index in [-0.39, 0.29) is 5.56 Å². The molecule has 0 radical (unpaired) electrons. The Morgan fingerprint density at radius 2 is 1.90 bits per heavy atom. The first-order valence-corrected chi connectivity index (χ1v) is 8.36. The highest BCUT2D eigenvalue weighted by Crippen LogP contribution is 2.22. The molecule has 1 aromatic rings. The molecule has 0 saturated carbocycles. The number of carboxylic acids is 1. The first-order valence-electron chi connectivity index (χ1n) is 7.24. The van der Waals surface area contributed by atoms with Crippen molar-refractivity contribution in [2.75, 3.05) is 6.61 Å². The van der Waals surface area contributed by atoms with Crippen molar-refractivity contribution in [3.63, 3.8) is 0 Å². The van der Waals surface area contributed by atoms with Crippen molar-refractivity contribution < 1.29 is 14.6 Å². The van der Waals surface area contributed by atoms with Crippen LogP contribution in [0.1, 0.15) is 61.4 Å². The molecule has 1 N–H and O–H groups in total. The van der Waals surface area contributed by atoms with Gasteiger partial charge in [-0.1, -0.05) is 61.0 Å². The van der Waals surface area contributed by atoms with Gasteiger partial charge in [0.05, 0.1) is 6.61 Å². The second kappa shape index (κ2) is 9.81. The molecule has 0 aromatic heterocycles. The molecule has 0 saturated heterocycles. The van der Waals surface area contributed by atoms with Crippen molar-refractivity contribution >= 4 is 21.9 Å². The minimum Gasteiger partial charge on any atom is -0.493 e. The number of benzene rings is 1. The maximum Gasteiger partial charge on any atom is 0.339 e. The van der Waals surface area contributed by atoms with Gasteiger partial charge in [-0.15, -0.1) is 0 Å². The molecule has 0 bridgehead atoms. The second-order valence-corrected chi connectivity index (χ2v) is 5.45. The van der Waals surface area contributed by atoms with Gasteiger partial charge in [-0.3, -0.25) is 0 Å². The van der Waals surface area contributed by atoms with Crippen LogP contribution in [-0.4, -0.2) is 17.7 Å². The number of halogens is 1. The van der Waals surface area contributed by atoms with Gasteiger partial charge in [-0.2, -0.15) is 0 Å². The van der Waals surface area contributed by atoms with Gasteiger partial charge in [0.2, 0.25) is 0 Å². The first kappa shape index (κ1) is 17.0. The zero-order valence-electron chi connectivity index (χ0n) is 12.0. The molecule has 4 heteroatoms. The van der Waals surface area contributed by atoms with Crippen LogP contribution in [0.15, 0.2) is 18.2 Å². The van der Waals surface area contributed by atoms with Crippen LogP contribution < -0.4 is 4.74 Å². The summed E-state index contributed by atoms with van der Waals surface area (Å²) in [5, 5.41) is 9.83. The average Bonchev–Trinajstić information content (AvgIpc) is 2.45. The summed E-state index contributed by atoms with van der Waals surface area (Å²) >= 11 is 3.37. The minimum absolute atomic E-state index is 0.237. The summed E-state index contributed by atoms with van der Waals surface area (Å²) < 4.78 is 5.65. The first-order chi connectivity index (χ1) is 9.69. The van der Waals surface area contributed by atoms with Gasteiger partial charge in [0.25, 0.3) is 0 Å². The van der Waals surface area contributed by atoms with Crippen LogP contribution in [0.25, 0.3) is 0 Å². The molecule has 112 valence electrons. The highest BCUT2D eigenvalue weighted by Gasteiger charge is 2.11. The van der Waals surface area contributed by atoms with Gasteiger partial charge >= 0.3 is 5.97 Å². The Labute approximate surface area is 129 Å². The Hall–Kier alpha value is -1.03. The smallest absolute Gasteiger partial charge is 0.339 e. The third-order valence-electron chi connectivity index (χ3n) is 3.19. The molecular weight excluding hydrogens is 320 g/mol. The normalized spacial score (nSPS) is 10.5. The molecule has 1 aromatic carbocycles. The lowest BCUT2D eigenvalue weighted by Crippen LogP contribution is -2.05. The standard InChI is InChI=1S/C16H23BrO3/c1-2-3-4-5-6-7-10-20-15-11-13(12-17)8-9-14(15)16(18)19/h8-9,11H,2-7,10,12H2,1H3,(H,18,19). The number of alkyl halides is 1. The lowest BCUT2D eigenvalue weighted by Gasteiger charge is -2.10. The molecule has 0 atom stereocenters. The number of ether oxygens (including phenoxy) is 1. The lowest BCUT2D eigenvalue weighted by molar-refractivity contribution is 0.0692. The zero-order valence-corrected chi connectivity index (χ0v) is 13.6. The van der Waals surface area contributed by atoms with E-state index in [9.17, 15) is 4.79 Å². The van der Waals surface area contributed by atoms with E-state index in [1.54, 1.807) is 18.2 Å². The number of hydrogen-bond donors (Lipinski definition) is 1. The van der Waals surface area contributed by atoms with E-state index >= 15 is 0 Å². The van der Waals surface area contributed by atoms with E-state index in [4.69, 9.17) is 9.84 Å². The summed E-state index contributed by atoms with van der Waals surface area (Å²) in [6.45, 7) is 2.78. The Kier molecular flexibility index (Phi) is 8.35. The number of hydrogen-bond acceptors (Lipinski definition) is 2. The number of aromatic carboxylic acids is 1. The minimum atomic E-state index is -0.941. The molecule has 0 fully saturated rings. The summed E-state index contributed by atoms with van der Waals surface area (Å²) in [5.74, 6) is -0.466. The van der Waals surface area contributed by atoms with Gasteiger partial charge in [0.15, 0.2) is 0 Å². The van der Waals surface area contributed by atoms with Crippen LogP contribution in [0.5, 0.6) is 5.75 Å². The predicted octanol–water partition coefficient (Wildman–Crippen LogP) is 5.02. The Morgan fingerprint density at radius 3 is 2.55 bits per heavy atom. The zero-order chi connectivity index (χ0) is 14.8. The van der Waals surface area contributed by atoms with Crippen molar-refractivity contribution in [3.8, 4) is 5.75 Å². The number of rotatable bonds is 10. The summed E-state index contributed by atoms with van der Waals surface area (Å²) in [6, 6.07) is 5.21. The van der Waals surface area contributed by atoms with E-state index in [1.165, 1.54) is 25.7 Å². The maximum absolute atomic E-state index is 11.1. The number of unbranched alkanes of at least 4 members (excludes halogenated alkanes) is 5. The van der Waals surface area contributed by atoms with Crippen LogP contribution in [0.4, 0.5) is 0 Å². The second-order valence-electron chi connectivity index (χ2n) is 4.89. The maximum atomic E-state index is 11.1. The van der Waals surface area contributed by atoms with E-state index in [2.05, 4.69) is 22.9 Å². The lowest BCUT2D eigenvalue weighted by atomic mass is 10.1. The van der Waals surface area contributed by atoms with E-state index < -0.39 is 5.97 Å². The number of carbonyl (C=O) groups is 1. The summed E-state index contributed by atoms with van der Waals surface area (Å²) in [5.41, 5.74) is 1.26. The van der Waals surface area contributed by atoms with Crippen molar-refractivity contribution in [1.82, 2.24) is 0 Å². The molecule has 0 aliphatic heterocycles. The van der Waals surface area contributed by atoms with Crippen molar-refractivity contribution in [2.24, 2.45) is 0 Å². The molecule has 0 heterocycles. The highest BCUT2D eigenvalue weighted by molar-refractivity contribution is 9.08. The van der Waals surface area contributed by atoms with Gasteiger partial charge in [0, 0.05) is 5.33 Å². The fourth-order valence-corrected chi connectivity index (χ4v) is 2.36. The van der Waals surface area contributed by atoms with Gasteiger partial charge in [-0.05, 0) is 24.1 Å². The van der Waals surface area contributed by atoms with Gasteiger partial charge in [0.1, 0.15) is 11.3 Å². The topological polar surface area (TPSA) is 46.5 Å². The SMILES string of the molecule is CCCCCCCCOc1cc(CBr)ccc1C(=O)O. The number of carboxylic acid groups (broad SMARTS) is 1. The fraction of sp³-hybridized carbons (Fsp3) is 0.562. The molecule has 0 unspecified atom stereocenters. The molecular formula is C16H23BrO3. The van der Waals surface area contributed by atoms with Crippen LogP contribution in [-0.2, 0) is 5.33 Å². The van der Waals surface area contributed by atoms with Crippen molar-refractivity contribution in [1.29, 1.82) is 0 Å². The molecule has 20 heavy (non-hydrogen) atoms. The van der Waals surface area contributed by atoms with Crippen molar-refractivity contribution in [2.45, 2.75) is 50.8 Å². The largest absolute Gasteiger partial charge is 0.493 e. The average molecular weight is 343 g/mol. The highest BCUT2D eigenvalue weighted by atomic mass is 79.9. The quantitative estimate of drug-likeness (QED) is 0.479. The van der Waals surface area contributed by atoms with E-state index in [1.807, 2.05) is 0 Å². The summed E-state index contributed by atoms with van der Waals surface area (Å²) in [6.07, 6.45) is 7.15. The van der Waals surface area contributed by atoms with Crippen LogP contribution in [0.3, 0.4) is 0 Å². The predicted molar refractivity (Wildman–Crippen MR) is 84.9 cm³/mol.